The van der Waals surface area contributed by atoms with Crippen LogP contribution >= 0.6 is 0 Å². The number of hydrogen-bond acceptors (Lipinski definition) is 4. The van der Waals surface area contributed by atoms with E-state index in [9.17, 15) is 5.11 Å². The molecule has 0 bridgehead atoms. The summed E-state index contributed by atoms with van der Waals surface area (Å²) in [6.07, 6.45) is 1.56. The second-order valence-electron chi connectivity index (χ2n) is 5.17. The van der Waals surface area contributed by atoms with Crippen LogP contribution in [-0.2, 0) is 0 Å². The molecule has 0 amide bonds. The van der Waals surface area contributed by atoms with Crippen LogP contribution in [0.3, 0.4) is 0 Å². The molecule has 0 aromatic heterocycles. The van der Waals surface area contributed by atoms with Crippen LogP contribution in [0.25, 0.3) is 0 Å². The molecule has 1 aliphatic rings. The van der Waals surface area contributed by atoms with Gasteiger partial charge in [0.1, 0.15) is 11.6 Å². The minimum Gasteiger partial charge on any atom is -0.497 e. The Balaban J connectivity index is 2.17. The molecule has 1 saturated carbocycles. The average Bonchev–Trinajstić information content (AvgIpc) is 2.35. The Morgan fingerprint density at radius 3 is 2.74 bits per heavy atom. The number of benzene rings is 1. The van der Waals surface area contributed by atoms with E-state index in [2.05, 4.69) is 4.90 Å². The van der Waals surface area contributed by atoms with Crippen LogP contribution in [-0.4, -0.2) is 37.7 Å². The first-order valence-corrected chi connectivity index (χ1v) is 6.43. The highest BCUT2D eigenvalue weighted by molar-refractivity contribution is 6.00. The molecule has 0 atom stereocenters. The molecule has 0 aliphatic heterocycles. The van der Waals surface area contributed by atoms with E-state index < -0.39 is 0 Å². The first kappa shape index (κ1) is 13.7. The number of aliphatic hydroxyl groups is 1. The Labute approximate surface area is 113 Å². The molecular weight excluding hydrogens is 242 g/mol. The minimum atomic E-state index is -0.143. The second kappa shape index (κ2) is 5.48. The van der Waals surface area contributed by atoms with E-state index in [-0.39, 0.29) is 11.9 Å². The summed E-state index contributed by atoms with van der Waals surface area (Å²) in [5, 5.41) is 17.0. The molecule has 0 radical (unpaired) electrons. The number of aliphatic hydroxyl groups excluding tert-OH is 1. The molecule has 1 aliphatic carbocycles. The third-order valence-electron chi connectivity index (χ3n) is 3.65. The van der Waals surface area contributed by atoms with Gasteiger partial charge in [0.25, 0.3) is 0 Å². The molecular formula is C14H21N3O2. The van der Waals surface area contributed by atoms with Crippen LogP contribution in [0.2, 0.25) is 0 Å². The molecule has 1 aromatic carbocycles. The molecule has 4 N–H and O–H groups in total. The third kappa shape index (κ3) is 2.98. The lowest BCUT2D eigenvalue weighted by Crippen LogP contribution is -2.37. The third-order valence-corrected chi connectivity index (χ3v) is 3.65. The van der Waals surface area contributed by atoms with Gasteiger partial charge in [-0.3, -0.25) is 5.41 Å². The Bertz CT molecular complexity index is 470. The maximum atomic E-state index is 9.33. The number of anilines is 1. The lowest BCUT2D eigenvalue weighted by Gasteiger charge is -2.35. The summed E-state index contributed by atoms with van der Waals surface area (Å²) >= 11 is 0. The summed E-state index contributed by atoms with van der Waals surface area (Å²) in [6, 6.07) is 5.51. The fraction of sp³-hybridized carbons (Fsp3) is 0.500. The molecule has 5 nitrogen and oxygen atoms in total. The largest absolute Gasteiger partial charge is 0.497 e. The van der Waals surface area contributed by atoms with Crippen molar-refractivity contribution < 1.29 is 9.84 Å². The minimum absolute atomic E-state index is 0.0538. The number of methoxy groups -OCH3 is 1. The second-order valence-corrected chi connectivity index (χ2v) is 5.17. The van der Waals surface area contributed by atoms with Crippen LogP contribution in [0, 0.1) is 11.3 Å². The molecule has 104 valence electrons. The summed E-state index contributed by atoms with van der Waals surface area (Å²) < 4.78 is 5.22. The van der Waals surface area contributed by atoms with Crippen molar-refractivity contribution in [3.8, 4) is 5.75 Å². The van der Waals surface area contributed by atoms with Crippen molar-refractivity contribution in [2.24, 2.45) is 11.7 Å². The van der Waals surface area contributed by atoms with E-state index in [1.54, 1.807) is 13.2 Å². The van der Waals surface area contributed by atoms with Gasteiger partial charge in [-0.1, -0.05) is 0 Å². The van der Waals surface area contributed by atoms with Gasteiger partial charge in [-0.25, -0.2) is 0 Å². The zero-order chi connectivity index (χ0) is 14.0. The lowest BCUT2D eigenvalue weighted by molar-refractivity contribution is 0.0465. The quantitative estimate of drug-likeness (QED) is 0.550. The number of nitrogens with two attached hydrogens (primary N) is 1. The Kier molecular flexibility index (Phi) is 3.95. The van der Waals surface area contributed by atoms with E-state index in [0.29, 0.717) is 11.5 Å². The van der Waals surface area contributed by atoms with Gasteiger partial charge in [-0.2, -0.15) is 0 Å². The summed E-state index contributed by atoms with van der Waals surface area (Å²) in [5.41, 5.74) is 7.23. The molecule has 19 heavy (non-hydrogen) atoms. The number of nitrogens with zero attached hydrogens (tertiary/aromatic N) is 1. The molecule has 0 spiro atoms. The maximum Gasteiger partial charge on any atom is 0.124 e. The highest BCUT2D eigenvalue weighted by Crippen LogP contribution is 2.31. The van der Waals surface area contributed by atoms with Gasteiger partial charge >= 0.3 is 0 Å². The Hall–Kier alpha value is -1.75. The van der Waals surface area contributed by atoms with Gasteiger partial charge in [-0.05, 0) is 30.9 Å². The number of hydrogen-bond donors (Lipinski definition) is 3. The molecule has 0 saturated heterocycles. The van der Waals surface area contributed by atoms with E-state index in [1.807, 2.05) is 19.2 Å². The van der Waals surface area contributed by atoms with Crippen molar-refractivity contribution in [2.45, 2.75) is 18.9 Å². The number of amidine groups is 1. The number of rotatable bonds is 5. The predicted octanol–water partition coefficient (Wildman–Crippen LogP) is 1.19. The summed E-state index contributed by atoms with van der Waals surface area (Å²) in [7, 11) is 3.60. The van der Waals surface area contributed by atoms with Gasteiger partial charge in [-0.15, -0.1) is 0 Å². The van der Waals surface area contributed by atoms with Crippen molar-refractivity contribution in [3.05, 3.63) is 23.8 Å². The molecule has 5 heteroatoms. The Morgan fingerprint density at radius 1 is 1.53 bits per heavy atom. The molecule has 0 unspecified atom stereocenters. The molecule has 2 rings (SSSR count). The first-order chi connectivity index (χ1) is 9.01. The summed E-state index contributed by atoms with van der Waals surface area (Å²) in [4.78, 5) is 2.08. The maximum absolute atomic E-state index is 9.33. The zero-order valence-corrected chi connectivity index (χ0v) is 11.4. The molecule has 1 fully saturated rings. The number of ether oxygens (including phenoxy) is 1. The van der Waals surface area contributed by atoms with Crippen LogP contribution in [0.15, 0.2) is 18.2 Å². The highest BCUT2D eigenvalue weighted by atomic mass is 16.5. The average molecular weight is 263 g/mol. The van der Waals surface area contributed by atoms with E-state index >= 15 is 0 Å². The van der Waals surface area contributed by atoms with E-state index in [0.717, 1.165) is 30.8 Å². The van der Waals surface area contributed by atoms with Crippen LogP contribution in [0.1, 0.15) is 18.4 Å². The van der Waals surface area contributed by atoms with E-state index in [1.165, 1.54) is 0 Å². The van der Waals surface area contributed by atoms with Gasteiger partial charge in [0.15, 0.2) is 0 Å². The van der Waals surface area contributed by atoms with E-state index in [4.69, 9.17) is 15.9 Å². The normalized spacial score (nSPS) is 21.6. The summed E-state index contributed by atoms with van der Waals surface area (Å²) in [5.74, 6) is 1.31. The highest BCUT2D eigenvalue weighted by Gasteiger charge is 2.28. The van der Waals surface area contributed by atoms with Gasteiger partial charge < -0.3 is 20.5 Å². The summed E-state index contributed by atoms with van der Waals surface area (Å²) in [6.45, 7) is 0.852. The standard InChI is InChI=1S/C14H21N3O2/c1-17(8-9-5-10(18)6-9)13-7-11(19-2)3-4-12(13)14(15)16/h3-4,7,9-10,18H,5-6,8H2,1-2H3,(H3,15,16). The van der Waals surface area contributed by atoms with Crippen molar-refractivity contribution in [3.63, 3.8) is 0 Å². The zero-order valence-electron chi connectivity index (χ0n) is 11.4. The fourth-order valence-corrected chi connectivity index (χ4v) is 2.52. The number of nitrogen functional groups attached to an aromatic ring is 1. The van der Waals surface area contributed by atoms with Crippen LogP contribution in [0.5, 0.6) is 5.75 Å². The van der Waals surface area contributed by atoms with Crippen LogP contribution < -0.4 is 15.4 Å². The van der Waals surface area contributed by atoms with Crippen molar-refractivity contribution >= 4 is 11.5 Å². The lowest BCUT2D eigenvalue weighted by atomic mass is 9.82. The Morgan fingerprint density at radius 2 is 2.21 bits per heavy atom. The first-order valence-electron chi connectivity index (χ1n) is 6.43. The number of nitrogens with one attached hydrogen (secondary N) is 1. The van der Waals surface area contributed by atoms with Crippen molar-refractivity contribution in [1.82, 2.24) is 0 Å². The monoisotopic (exact) mass is 263 g/mol. The van der Waals surface area contributed by atoms with Crippen LogP contribution in [0.4, 0.5) is 5.69 Å². The molecule has 0 heterocycles. The van der Waals surface area contributed by atoms with Gasteiger partial charge in [0.05, 0.1) is 18.9 Å². The van der Waals surface area contributed by atoms with Gasteiger partial charge in [0, 0.05) is 25.2 Å². The smallest absolute Gasteiger partial charge is 0.124 e. The van der Waals surface area contributed by atoms with Gasteiger partial charge in [0.2, 0.25) is 0 Å². The van der Waals surface area contributed by atoms with Crippen molar-refractivity contribution in [1.29, 1.82) is 5.41 Å². The topological polar surface area (TPSA) is 82.6 Å². The fourth-order valence-electron chi connectivity index (χ4n) is 2.52. The predicted molar refractivity (Wildman–Crippen MR) is 76.0 cm³/mol. The SMILES string of the molecule is COc1ccc(C(=N)N)c(N(C)CC2CC(O)C2)c1. The van der Waals surface area contributed by atoms with Crippen molar-refractivity contribution in [2.75, 3.05) is 25.6 Å². The molecule has 1 aromatic rings.